The third-order valence-corrected chi connectivity index (χ3v) is 12.2. The second kappa shape index (κ2) is 14.0. The highest BCUT2D eigenvalue weighted by Gasteiger charge is 2.78. The fourth-order valence-electron chi connectivity index (χ4n) is 9.23. The van der Waals surface area contributed by atoms with Crippen LogP contribution in [0.25, 0.3) is 0 Å². The van der Waals surface area contributed by atoms with Crippen LogP contribution >= 0.6 is 0 Å². The molecule has 4 aliphatic rings. The standard InChI is InChI=1S/C40H47NO13/c1-20-25(52-36(48)30(45)29(41)23-13-9-7-10-14-23)18-40(49)34(53-35(47)24-15-11-8-12-16-24)32-38(6,26(44)17-27-39(32,19-50-27)54-22(3)43)33(46)31(51-21(2)42)28(20)37(40,4)5/h7-16,25-27,29-32,34,44-45,49H,17-19,41H2,1-6H3/t25-,26-,27+,29-,30+,31+,32?,34?,38+,39+,40+/m0/s1. The Kier molecular flexibility index (Phi) is 10.2. The summed E-state index contributed by atoms with van der Waals surface area (Å²) in [6, 6.07) is 15.1. The van der Waals surface area contributed by atoms with Crippen LogP contribution in [-0.2, 0) is 42.9 Å². The average molecular weight is 750 g/mol. The summed E-state index contributed by atoms with van der Waals surface area (Å²) in [5.41, 5.74) is -0.605. The van der Waals surface area contributed by atoms with Crippen LogP contribution in [-0.4, -0.2) is 99.4 Å². The molecule has 1 aliphatic heterocycles. The van der Waals surface area contributed by atoms with Crippen molar-refractivity contribution in [2.75, 3.05) is 6.61 Å². The quantitative estimate of drug-likeness (QED) is 0.173. The molecule has 54 heavy (non-hydrogen) atoms. The lowest BCUT2D eigenvalue weighted by Gasteiger charge is -2.67. The zero-order valence-electron chi connectivity index (χ0n) is 31.0. The summed E-state index contributed by atoms with van der Waals surface area (Å²) in [6.45, 7) is 8.08. The lowest BCUT2D eigenvalue weighted by Crippen LogP contribution is -2.82. The first-order valence-corrected chi connectivity index (χ1v) is 17.9. The molecule has 1 heterocycles. The van der Waals surface area contributed by atoms with Crippen LogP contribution in [0.4, 0.5) is 0 Å². The van der Waals surface area contributed by atoms with Crippen LogP contribution in [0.15, 0.2) is 71.8 Å². The Morgan fingerprint density at radius 3 is 2.09 bits per heavy atom. The molecule has 2 aromatic carbocycles. The monoisotopic (exact) mass is 749 g/mol. The number of rotatable bonds is 8. The molecule has 14 nitrogen and oxygen atoms in total. The third-order valence-electron chi connectivity index (χ3n) is 12.2. The fourth-order valence-corrected chi connectivity index (χ4v) is 9.23. The van der Waals surface area contributed by atoms with Crippen molar-refractivity contribution in [3.63, 3.8) is 0 Å². The highest BCUT2D eigenvalue weighted by molar-refractivity contribution is 5.95. The first kappa shape index (κ1) is 39.2. The van der Waals surface area contributed by atoms with Gasteiger partial charge in [0.2, 0.25) is 0 Å². The first-order valence-electron chi connectivity index (χ1n) is 17.9. The van der Waals surface area contributed by atoms with E-state index in [2.05, 4.69) is 0 Å². The number of hydrogen-bond donors (Lipinski definition) is 4. The molecule has 2 unspecified atom stereocenters. The predicted molar refractivity (Wildman–Crippen MR) is 188 cm³/mol. The minimum atomic E-state index is -2.32. The molecule has 1 saturated heterocycles. The lowest BCUT2D eigenvalue weighted by atomic mass is 9.44. The molecule has 0 radical (unpaired) electrons. The van der Waals surface area contributed by atoms with Gasteiger partial charge in [0.1, 0.15) is 23.9 Å². The predicted octanol–water partition coefficient (Wildman–Crippen LogP) is 2.26. The zero-order chi connectivity index (χ0) is 39.5. The van der Waals surface area contributed by atoms with Gasteiger partial charge in [-0.15, -0.1) is 0 Å². The van der Waals surface area contributed by atoms with Gasteiger partial charge in [-0.3, -0.25) is 14.4 Å². The molecule has 2 saturated carbocycles. The van der Waals surface area contributed by atoms with E-state index in [0.717, 1.165) is 13.8 Å². The molecule has 0 amide bonds. The molecule has 6 rings (SSSR count). The van der Waals surface area contributed by atoms with Crippen molar-refractivity contribution in [3.8, 4) is 0 Å². The van der Waals surface area contributed by atoms with Gasteiger partial charge in [-0.1, -0.05) is 62.4 Å². The number of esters is 4. The largest absolute Gasteiger partial charge is 0.456 e. The summed E-state index contributed by atoms with van der Waals surface area (Å²) >= 11 is 0. The van der Waals surface area contributed by atoms with E-state index in [-0.39, 0.29) is 29.7 Å². The normalized spacial score (nSPS) is 35.0. The number of fused-ring (bicyclic) bond motifs is 5. The number of nitrogens with two attached hydrogens (primary N) is 1. The van der Waals surface area contributed by atoms with Gasteiger partial charge < -0.3 is 44.7 Å². The minimum Gasteiger partial charge on any atom is -0.456 e. The Morgan fingerprint density at radius 2 is 1.54 bits per heavy atom. The molecule has 2 bridgehead atoms. The van der Waals surface area contributed by atoms with Crippen molar-refractivity contribution < 1.29 is 63.0 Å². The number of Topliss-reactive ketones (excluding diaryl/α,β-unsaturated/α-hetero) is 1. The van der Waals surface area contributed by atoms with Crippen LogP contribution in [0.1, 0.15) is 76.3 Å². The SMILES string of the molecule is CC(=O)O[C@H]1C(=O)[C@@]2(C)C(C(OC(=O)c3ccccc3)[C@]3(O)C[C@H](OC(=O)[C@H](O)[C@@H](N)c4ccccc4)C(C)=C1C3(C)C)[C@@]1(OC(C)=O)CO[C@@H]1C[C@@H]2O. The molecule has 0 spiro atoms. The summed E-state index contributed by atoms with van der Waals surface area (Å²) < 4.78 is 29.9. The minimum absolute atomic E-state index is 0.0391. The Labute approximate surface area is 312 Å². The molecule has 3 fully saturated rings. The molecular weight excluding hydrogens is 702 g/mol. The number of ether oxygens (including phenoxy) is 5. The maximum atomic E-state index is 15.3. The third kappa shape index (κ3) is 6.04. The van der Waals surface area contributed by atoms with Crippen molar-refractivity contribution in [3.05, 3.63) is 82.9 Å². The van der Waals surface area contributed by atoms with Gasteiger partial charge in [0.25, 0.3) is 0 Å². The van der Waals surface area contributed by atoms with Gasteiger partial charge >= 0.3 is 23.9 Å². The van der Waals surface area contributed by atoms with Crippen LogP contribution in [0.2, 0.25) is 0 Å². The lowest BCUT2D eigenvalue weighted by molar-refractivity contribution is -0.346. The number of carbonyl (C=O) groups excluding carboxylic acids is 5. The van der Waals surface area contributed by atoms with Gasteiger partial charge in [0.15, 0.2) is 23.6 Å². The van der Waals surface area contributed by atoms with Crippen LogP contribution in [0, 0.1) is 16.7 Å². The van der Waals surface area contributed by atoms with E-state index in [0.29, 0.717) is 5.56 Å². The van der Waals surface area contributed by atoms with Gasteiger partial charge in [-0.25, -0.2) is 9.59 Å². The molecule has 0 aromatic heterocycles. The molecule has 14 heteroatoms. The first-order chi connectivity index (χ1) is 25.3. The van der Waals surface area contributed by atoms with E-state index >= 15 is 4.79 Å². The van der Waals surface area contributed by atoms with E-state index in [1.165, 1.54) is 19.1 Å². The van der Waals surface area contributed by atoms with E-state index in [9.17, 15) is 34.5 Å². The molecule has 3 aliphatic carbocycles. The zero-order valence-corrected chi connectivity index (χ0v) is 31.0. The van der Waals surface area contributed by atoms with Crippen molar-refractivity contribution >= 4 is 29.7 Å². The van der Waals surface area contributed by atoms with Gasteiger partial charge in [0, 0.05) is 32.1 Å². The van der Waals surface area contributed by atoms with Crippen LogP contribution in [0.3, 0.4) is 0 Å². The topological polar surface area (TPSA) is 218 Å². The Hall–Kier alpha value is -4.47. The number of carbonyl (C=O) groups is 5. The Morgan fingerprint density at radius 1 is 0.926 bits per heavy atom. The van der Waals surface area contributed by atoms with Crippen molar-refractivity contribution in [2.45, 2.75) is 108 Å². The second-order valence-corrected chi connectivity index (χ2v) is 15.6. The average Bonchev–Trinajstić information content (AvgIpc) is 3.12. The number of hydrogen-bond acceptors (Lipinski definition) is 14. The van der Waals surface area contributed by atoms with E-state index in [1.54, 1.807) is 69.3 Å². The summed E-state index contributed by atoms with van der Waals surface area (Å²) in [6.07, 6.45) is -9.98. The molecule has 290 valence electrons. The van der Waals surface area contributed by atoms with E-state index < -0.39 is 107 Å². The maximum absolute atomic E-state index is 15.3. The van der Waals surface area contributed by atoms with E-state index in [1.807, 2.05) is 0 Å². The summed E-state index contributed by atoms with van der Waals surface area (Å²) in [5, 5.41) is 36.5. The smallest absolute Gasteiger partial charge is 0.338 e. The Balaban J connectivity index is 1.58. The van der Waals surface area contributed by atoms with Crippen molar-refractivity contribution in [1.29, 1.82) is 0 Å². The second-order valence-electron chi connectivity index (χ2n) is 15.6. The highest BCUT2D eigenvalue weighted by Crippen LogP contribution is 2.64. The summed E-state index contributed by atoms with van der Waals surface area (Å²) in [4.78, 5) is 68.7. The molecule has 2 aromatic rings. The molecular formula is C40H47NO13. The van der Waals surface area contributed by atoms with Gasteiger partial charge in [-0.2, -0.15) is 0 Å². The van der Waals surface area contributed by atoms with Crippen LogP contribution in [0.5, 0.6) is 0 Å². The molecule has 5 N–H and O–H groups in total. The maximum Gasteiger partial charge on any atom is 0.338 e. The number of benzene rings is 2. The van der Waals surface area contributed by atoms with Crippen LogP contribution < -0.4 is 5.73 Å². The number of ketones is 1. The number of aliphatic hydroxyl groups excluding tert-OH is 2. The highest BCUT2D eigenvalue weighted by atomic mass is 16.6. The summed E-state index contributed by atoms with van der Waals surface area (Å²) in [5.74, 6) is -6.01. The van der Waals surface area contributed by atoms with E-state index in [4.69, 9.17) is 29.4 Å². The Bertz CT molecular complexity index is 1860. The van der Waals surface area contributed by atoms with Gasteiger partial charge in [-0.05, 0) is 42.7 Å². The fraction of sp³-hybridized carbons (Fsp3) is 0.525. The number of aliphatic hydroxyl groups is 3. The molecule has 11 atom stereocenters. The summed E-state index contributed by atoms with van der Waals surface area (Å²) in [7, 11) is 0. The van der Waals surface area contributed by atoms with Crippen molar-refractivity contribution in [1.82, 2.24) is 0 Å². The van der Waals surface area contributed by atoms with Crippen molar-refractivity contribution in [2.24, 2.45) is 22.5 Å². The van der Waals surface area contributed by atoms with Gasteiger partial charge in [0.05, 0.1) is 35.6 Å².